The van der Waals surface area contributed by atoms with Gasteiger partial charge in [-0.2, -0.15) is 0 Å². The third-order valence-corrected chi connectivity index (χ3v) is 1.87. The van der Waals surface area contributed by atoms with E-state index in [9.17, 15) is 4.79 Å². The van der Waals surface area contributed by atoms with E-state index in [1.54, 1.807) is 6.08 Å². The van der Waals surface area contributed by atoms with Gasteiger partial charge < -0.3 is 0 Å². The van der Waals surface area contributed by atoms with Gasteiger partial charge in [0.1, 0.15) is 0 Å². The van der Waals surface area contributed by atoms with Crippen LogP contribution in [0.5, 0.6) is 0 Å². The molecule has 0 aliphatic heterocycles. The van der Waals surface area contributed by atoms with Crippen LogP contribution in [-0.4, -0.2) is 5.78 Å². The summed E-state index contributed by atoms with van der Waals surface area (Å²) in [6.45, 7) is 4.12. The number of allylic oxidation sites excluding steroid dienone is 4. The molecule has 0 aromatic rings. The van der Waals surface area contributed by atoms with Crippen LogP contribution in [0.2, 0.25) is 0 Å². The molecule has 0 atom stereocenters. The molecule has 1 nitrogen and oxygen atoms in total. The van der Waals surface area contributed by atoms with Gasteiger partial charge in [-0.15, -0.1) is 0 Å². The minimum Gasteiger partial charge on any atom is -0.290 e. The van der Waals surface area contributed by atoms with E-state index in [0.717, 1.165) is 18.4 Å². The number of hydrogen-bond acceptors (Lipinski definition) is 1. The lowest BCUT2D eigenvalue weighted by Gasteiger charge is -2.05. The Bertz CT molecular complexity index is 209. The molecule has 0 heterocycles. The smallest absolute Gasteiger partial charge is 0.181 e. The maximum Gasteiger partial charge on any atom is 0.181 e. The first-order valence-corrected chi connectivity index (χ1v) is 4.12. The van der Waals surface area contributed by atoms with Crippen molar-refractivity contribution in [3.63, 3.8) is 0 Å². The van der Waals surface area contributed by atoms with E-state index in [4.69, 9.17) is 0 Å². The van der Waals surface area contributed by atoms with Crippen LogP contribution in [0.1, 0.15) is 26.7 Å². The minimum absolute atomic E-state index is 0.192. The van der Waals surface area contributed by atoms with Crippen molar-refractivity contribution in [1.29, 1.82) is 0 Å². The fraction of sp³-hybridized carbons (Fsp3) is 0.500. The molecule has 0 N–H and O–H groups in total. The van der Waals surface area contributed by atoms with Crippen molar-refractivity contribution in [2.45, 2.75) is 26.7 Å². The Balaban J connectivity index is 2.82. The Kier molecular flexibility index (Phi) is 2.64. The zero-order chi connectivity index (χ0) is 8.27. The van der Waals surface area contributed by atoms with Crippen molar-refractivity contribution in [3.05, 3.63) is 23.8 Å². The summed E-state index contributed by atoms with van der Waals surface area (Å²) in [5.41, 5.74) is 0.971. The molecule has 0 amide bonds. The Labute approximate surface area is 67.8 Å². The standard InChI is InChI=1S/C10H14O/c1-8(2)9-6-4-3-5-7-10(9)11/h5-8H,3-4H2,1-2H3. The number of carbonyl (C=O) groups excluding carboxylic acids is 1. The fourth-order valence-electron chi connectivity index (χ4n) is 1.24. The number of hydrogen-bond donors (Lipinski definition) is 0. The predicted octanol–water partition coefficient (Wildman–Crippen LogP) is 2.49. The third kappa shape index (κ3) is 2.04. The van der Waals surface area contributed by atoms with Gasteiger partial charge in [0, 0.05) is 0 Å². The third-order valence-electron chi connectivity index (χ3n) is 1.87. The number of carbonyl (C=O) groups is 1. The summed E-state index contributed by atoms with van der Waals surface area (Å²) >= 11 is 0. The molecule has 1 heteroatoms. The van der Waals surface area contributed by atoms with Crippen LogP contribution >= 0.6 is 0 Å². The molecule has 0 radical (unpaired) electrons. The molecule has 0 unspecified atom stereocenters. The highest BCUT2D eigenvalue weighted by Gasteiger charge is 2.10. The molecule has 60 valence electrons. The molecule has 0 fully saturated rings. The van der Waals surface area contributed by atoms with Gasteiger partial charge in [0.2, 0.25) is 0 Å². The van der Waals surface area contributed by atoms with Crippen molar-refractivity contribution in [1.82, 2.24) is 0 Å². The monoisotopic (exact) mass is 150 g/mol. The van der Waals surface area contributed by atoms with E-state index in [0.29, 0.717) is 5.92 Å². The minimum atomic E-state index is 0.192. The molecule has 1 rings (SSSR count). The summed E-state index contributed by atoms with van der Waals surface area (Å²) in [5.74, 6) is 0.558. The van der Waals surface area contributed by atoms with E-state index in [1.165, 1.54) is 0 Å². The maximum absolute atomic E-state index is 11.3. The van der Waals surface area contributed by atoms with Gasteiger partial charge in [-0.25, -0.2) is 0 Å². The average molecular weight is 150 g/mol. The van der Waals surface area contributed by atoms with Gasteiger partial charge in [0.05, 0.1) is 0 Å². The molecule has 1 aliphatic carbocycles. The maximum atomic E-state index is 11.3. The topological polar surface area (TPSA) is 17.1 Å². The average Bonchev–Trinajstić information content (AvgIpc) is 2.13. The second-order valence-electron chi connectivity index (χ2n) is 3.16. The molecular weight excluding hydrogens is 136 g/mol. The Hall–Kier alpha value is -0.850. The summed E-state index contributed by atoms with van der Waals surface area (Å²) in [7, 11) is 0. The van der Waals surface area contributed by atoms with Gasteiger partial charge in [0.25, 0.3) is 0 Å². The largest absolute Gasteiger partial charge is 0.290 e. The summed E-state index contributed by atoms with van der Waals surface area (Å²) < 4.78 is 0. The number of rotatable bonds is 1. The lowest BCUT2D eigenvalue weighted by atomic mass is 9.99. The predicted molar refractivity (Wildman–Crippen MR) is 46.3 cm³/mol. The second kappa shape index (κ2) is 3.51. The van der Waals surface area contributed by atoms with Crippen LogP contribution in [0.25, 0.3) is 0 Å². The van der Waals surface area contributed by atoms with Gasteiger partial charge >= 0.3 is 0 Å². The van der Waals surface area contributed by atoms with E-state index < -0.39 is 0 Å². The van der Waals surface area contributed by atoms with Crippen LogP contribution in [-0.2, 0) is 4.79 Å². The van der Waals surface area contributed by atoms with Gasteiger partial charge in [-0.1, -0.05) is 26.0 Å². The van der Waals surface area contributed by atoms with Crippen molar-refractivity contribution in [3.8, 4) is 0 Å². The highest BCUT2D eigenvalue weighted by molar-refractivity contribution is 6.04. The first-order valence-electron chi connectivity index (χ1n) is 4.12. The highest BCUT2D eigenvalue weighted by atomic mass is 16.1. The normalized spacial score (nSPS) is 18.5. The molecular formula is C10H14O. The first-order chi connectivity index (χ1) is 5.22. The highest BCUT2D eigenvalue weighted by Crippen LogP contribution is 2.15. The summed E-state index contributed by atoms with van der Waals surface area (Å²) in [6.07, 6.45) is 7.72. The Morgan fingerprint density at radius 2 is 2.09 bits per heavy atom. The summed E-state index contributed by atoms with van der Waals surface area (Å²) in [4.78, 5) is 11.3. The second-order valence-corrected chi connectivity index (χ2v) is 3.16. The SMILES string of the molecule is CC(C)C1=CCCC=CC1=O. The van der Waals surface area contributed by atoms with Crippen molar-refractivity contribution < 1.29 is 4.79 Å². The van der Waals surface area contributed by atoms with Crippen LogP contribution < -0.4 is 0 Å². The molecule has 0 spiro atoms. The summed E-state index contributed by atoms with van der Waals surface area (Å²) in [5, 5.41) is 0. The van der Waals surface area contributed by atoms with Crippen LogP contribution in [0.4, 0.5) is 0 Å². The lowest BCUT2D eigenvalue weighted by Crippen LogP contribution is -2.04. The Morgan fingerprint density at radius 3 is 2.73 bits per heavy atom. The van der Waals surface area contributed by atoms with Crippen LogP contribution in [0.3, 0.4) is 0 Å². The molecule has 0 aromatic carbocycles. The molecule has 11 heavy (non-hydrogen) atoms. The van der Waals surface area contributed by atoms with E-state index >= 15 is 0 Å². The molecule has 0 saturated carbocycles. The van der Waals surface area contributed by atoms with Gasteiger partial charge in [-0.05, 0) is 30.4 Å². The molecule has 0 aromatic heterocycles. The van der Waals surface area contributed by atoms with Crippen molar-refractivity contribution in [2.75, 3.05) is 0 Å². The van der Waals surface area contributed by atoms with E-state index in [2.05, 4.69) is 19.9 Å². The lowest BCUT2D eigenvalue weighted by molar-refractivity contribution is -0.111. The molecule has 0 saturated heterocycles. The molecule has 0 bridgehead atoms. The van der Waals surface area contributed by atoms with Crippen molar-refractivity contribution >= 4 is 5.78 Å². The Morgan fingerprint density at radius 1 is 1.36 bits per heavy atom. The van der Waals surface area contributed by atoms with Gasteiger partial charge in [-0.3, -0.25) is 4.79 Å². The summed E-state index contributed by atoms with van der Waals surface area (Å²) in [6, 6.07) is 0. The quantitative estimate of drug-likeness (QED) is 0.561. The van der Waals surface area contributed by atoms with E-state index in [-0.39, 0.29) is 5.78 Å². The van der Waals surface area contributed by atoms with Gasteiger partial charge in [0.15, 0.2) is 5.78 Å². The van der Waals surface area contributed by atoms with E-state index in [1.807, 2.05) is 6.08 Å². The first kappa shape index (κ1) is 8.25. The fourth-order valence-corrected chi connectivity index (χ4v) is 1.24. The zero-order valence-corrected chi connectivity index (χ0v) is 7.13. The number of ketones is 1. The van der Waals surface area contributed by atoms with Crippen LogP contribution in [0, 0.1) is 5.92 Å². The van der Waals surface area contributed by atoms with Crippen LogP contribution in [0.15, 0.2) is 23.8 Å². The van der Waals surface area contributed by atoms with Crippen molar-refractivity contribution in [2.24, 2.45) is 5.92 Å². The molecule has 1 aliphatic rings. The zero-order valence-electron chi connectivity index (χ0n) is 7.13.